The van der Waals surface area contributed by atoms with Gasteiger partial charge in [-0.25, -0.2) is 23.5 Å². The summed E-state index contributed by atoms with van der Waals surface area (Å²) in [6.45, 7) is 3.67. The third-order valence-corrected chi connectivity index (χ3v) is 4.65. The molecule has 0 saturated heterocycles. The fourth-order valence-corrected chi connectivity index (χ4v) is 2.83. The molecule has 0 aliphatic carbocycles. The lowest BCUT2D eigenvalue weighted by Crippen LogP contribution is -2.15. The van der Waals surface area contributed by atoms with Gasteiger partial charge in [-0.2, -0.15) is 17.9 Å². The molecule has 0 aliphatic heterocycles. The van der Waals surface area contributed by atoms with Gasteiger partial charge in [-0.3, -0.25) is 0 Å². The van der Waals surface area contributed by atoms with Crippen molar-refractivity contribution < 1.29 is 21.6 Å². The molecule has 0 fully saturated rings. The number of aromatic nitrogens is 4. The van der Waals surface area contributed by atoms with Gasteiger partial charge >= 0.3 is 6.18 Å². The average Bonchev–Trinajstić information content (AvgIpc) is 3.02. The van der Waals surface area contributed by atoms with Crippen molar-refractivity contribution in [1.82, 2.24) is 19.7 Å². The quantitative estimate of drug-likeness (QED) is 0.732. The minimum Gasteiger partial charge on any atom is -0.223 e. The summed E-state index contributed by atoms with van der Waals surface area (Å²) in [4.78, 5) is 7.41. The van der Waals surface area contributed by atoms with Gasteiger partial charge in [-0.05, 0) is 43.2 Å². The molecule has 0 atom stereocenters. The Kier molecular flexibility index (Phi) is 4.52. The summed E-state index contributed by atoms with van der Waals surface area (Å²) in [5.41, 5.74) is 2.18. The summed E-state index contributed by atoms with van der Waals surface area (Å²) in [5.74, 6) is -1.64. The number of aryl methyl sites for hydroxylation is 2. The van der Waals surface area contributed by atoms with Crippen molar-refractivity contribution in [2.45, 2.75) is 25.0 Å². The summed E-state index contributed by atoms with van der Waals surface area (Å²) < 4.78 is 63.3. The first-order chi connectivity index (χ1) is 12.5. The number of hydrogen-bond acceptors (Lipinski definition) is 5. The zero-order chi connectivity index (χ0) is 20.0. The van der Waals surface area contributed by atoms with E-state index in [9.17, 15) is 21.6 Å². The van der Waals surface area contributed by atoms with Crippen molar-refractivity contribution in [3.63, 3.8) is 0 Å². The monoisotopic (exact) mass is 397 g/mol. The van der Waals surface area contributed by atoms with Crippen LogP contribution in [0.1, 0.15) is 17.0 Å². The van der Waals surface area contributed by atoms with E-state index in [2.05, 4.69) is 15.1 Å². The molecule has 142 valence electrons. The maximum Gasteiger partial charge on any atom is 0.453 e. The highest BCUT2D eigenvalue weighted by molar-refractivity contribution is 7.89. The molecule has 0 bridgehead atoms. The first kappa shape index (κ1) is 19.0. The Labute approximate surface area is 152 Å². The fourth-order valence-electron chi connectivity index (χ4n) is 2.34. The van der Waals surface area contributed by atoms with Gasteiger partial charge in [0.25, 0.3) is 15.8 Å². The molecule has 3 rings (SSSR count). The molecule has 2 aromatic heterocycles. The number of nitrogens with zero attached hydrogens (tertiary/aromatic N) is 4. The molecule has 1 aromatic carbocycles. The van der Waals surface area contributed by atoms with E-state index < -0.39 is 27.0 Å². The number of halogens is 3. The van der Waals surface area contributed by atoms with Crippen LogP contribution in [0.4, 0.5) is 13.2 Å². The van der Waals surface area contributed by atoms with Gasteiger partial charge in [-0.1, -0.05) is 18.2 Å². The summed E-state index contributed by atoms with van der Waals surface area (Å²) in [6.07, 6.45) is -4.78. The second-order valence-corrected chi connectivity index (χ2v) is 7.35. The topological polar surface area (TPSA) is 104 Å². The molecule has 0 spiro atoms. The van der Waals surface area contributed by atoms with E-state index in [1.807, 2.05) is 13.8 Å². The predicted molar refractivity (Wildman–Crippen MR) is 90.4 cm³/mol. The van der Waals surface area contributed by atoms with Gasteiger partial charge in [0.05, 0.1) is 0 Å². The molecule has 3 aromatic rings. The Hall–Kier alpha value is -2.79. The molecule has 0 saturated carbocycles. The standard InChI is InChI=1S/C16H14F3N5O2S/c1-9-6-7-11(8-10(9)2)14-22-15(16(17,18)19)23-24(14)12-4-3-5-13(21-12)27(20,25)26/h3-8H,1-2H3,(H2,20,25,26). The number of alkyl halides is 3. The summed E-state index contributed by atoms with van der Waals surface area (Å²) in [6, 6.07) is 8.77. The van der Waals surface area contributed by atoms with Gasteiger partial charge in [0, 0.05) is 5.56 Å². The molecule has 2 heterocycles. The van der Waals surface area contributed by atoms with Gasteiger partial charge in [0.1, 0.15) is 0 Å². The molecule has 27 heavy (non-hydrogen) atoms. The predicted octanol–water partition coefficient (Wildman–Crippen LogP) is 2.61. The average molecular weight is 397 g/mol. The van der Waals surface area contributed by atoms with Crippen molar-refractivity contribution in [3.8, 4) is 17.2 Å². The lowest BCUT2D eigenvalue weighted by molar-refractivity contribution is -0.144. The summed E-state index contributed by atoms with van der Waals surface area (Å²) in [5, 5.41) is 8.04. The van der Waals surface area contributed by atoms with Crippen LogP contribution in [0.15, 0.2) is 41.4 Å². The highest BCUT2D eigenvalue weighted by atomic mass is 32.2. The van der Waals surface area contributed by atoms with Crippen LogP contribution in [-0.4, -0.2) is 28.2 Å². The molecule has 0 unspecified atom stereocenters. The number of primary sulfonamides is 1. The van der Waals surface area contributed by atoms with E-state index in [1.54, 1.807) is 18.2 Å². The normalized spacial score (nSPS) is 12.4. The van der Waals surface area contributed by atoms with Crippen molar-refractivity contribution in [1.29, 1.82) is 0 Å². The van der Waals surface area contributed by atoms with E-state index >= 15 is 0 Å². The summed E-state index contributed by atoms with van der Waals surface area (Å²) in [7, 11) is -4.14. The summed E-state index contributed by atoms with van der Waals surface area (Å²) >= 11 is 0. The molecule has 11 heteroatoms. The van der Waals surface area contributed by atoms with Crippen LogP contribution in [0.3, 0.4) is 0 Å². The van der Waals surface area contributed by atoms with Crippen LogP contribution >= 0.6 is 0 Å². The van der Waals surface area contributed by atoms with Crippen LogP contribution in [0.5, 0.6) is 0 Å². The third kappa shape index (κ3) is 3.83. The maximum absolute atomic E-state index is 13.1. The van der Waals surface area contributed by atoms with Crippen LogP contribution in [-0.2, 0) is 16.2 Å². The van der Waals surface area contributed by atoms with E-state index in [0.29, 0.717) is 5.56 Å². The fraction of sp³-hybridized carbons (Fsp3) is 0.188. The Balaban J connectivity index is 2.26. The number of hydrogen-bond donors (Lipinski definition) is 1. The number of rotatable bonds is 3. The number of nitrogens with two attached hydrogens (primary N) is 1. The minimum absolute atomic E-state index is 0.121. The highest BCUT2D eigenvalue weighted by Crippen LogP contribution is 2.30. The second-order valence-electron chi connectivity index (χ2n) is 5.85. The molecular weight excluding hydrogens is 383 g/mol. The third-order valence-electron chi connectivity index (χ3n) is 3.84. The van der Waals surface area contributed by atoms with Gasteiger partial charge < -0.3 is 0 Å². The SMILES string of the molecule is Cc1ccc(-c2nc(C(F)(F)F)nn2-c2cccc(S(N)(=O)=O)n2)cc1C. The lowest BCUT2D eigenvalue weighted by atomic mass is 10.1. The van der Waals surface area contributed by atoms with Gasteiger partial charge in [0.2, 0.25) is 0 Å². The molecule has 7 nitrogen and oxygen atoms in total. The first-order valence-corrected chi connectivity index (χ1v) is 9.13. The first-order valence-electron chi connectivity index (χ1n) is 7.59. The van der Waals surface area contributed by atoms with E-state index in [4.69, 9.17) is 5.14 Å². The van der Waals surface area contributed by atoms with Crippen LogP contribution in [0.25, 0.3) is 17.2 Å². The van der Waals surface area contributed by atoms with E-state index in [0.717, 1.165) is 21.9 Å². The van der Waals surface area contributed by atoms with Crippen molar-refractivity contribution >= 4 is 10.0 Å². The number of benzene rings is 1. The van der Waals surface area contributed by atoms with E-state index in [1.165, 1.54) is 12.1 Å². The zero-order valence-corrected chi connectivity index (χ0v) is 15.0. The number of pyridine rings is 1. The molecule has 0 amide bonds. The van der Waals surface area contributed by atoms with Crippen molar-refractivity contribution in [3.05, 3.63) is 53.3 Å². The molecule has 2 N–H and O–H groups in total. The Morgan fingerprint density at radius 1 is 1.04 bits per heavy atom. The Morgan fingerprint density at radius 3 is 2.33 bits per heavy atom. The molecule has 0 radical (unpaired) electrons. The van der Waals surface area contributed by atoms with Crippen LogP contribution in [0.2, 0.25) is 0 Å². The lowest BCUT2D eigenvalue weighted by Gasteiger charge is -2.08. The smallest absolute Gasteiger partial charge is 0.223 e. The van der Waals surface area contributed by atoms with Crippen LogP contribution in [0, 0.1) is 13.8 Å². The van der Waals surface area contributed by atoms with Gasteiger partial charge in [0.15, 0.2) is 16.7 Å². The Morgan fingerprint density at radius 2 is 1.74 bits per heavy atom. The van der Waals surface area contributed by atoms with E-state index in [-0.39, 0.29) is 11.6 Å². The maximum atomic E-state index is 13.1. The molecular formula is C16H14F3N5O2S. The van der Waals surface area contributed by atoms with Crippen molar-refractivity contribution in [2.24, 2.45) is 5.14 Å². The largest absolute Gasteiger partial charge is 0.453 e. The Bertz CT molecular complexity index is 1120. The molecule has 0 aliphatic rings. The highest BCUT2D eigenvalue weighted by Gasteiger charge is 2.37. The van der Waals surface area contributed by atoms with Crippen molar-refractivity contribution in [2.75, 3.05) is 0 Å². The van der Waals surface area contributed by atoms with Gasteiger partial charge in [-0.15, -0.1) is 5.10 Å². The minimum atomic E-state index is -4.78. The second kappa shape index (κ2) is 6.43. The van der Waals surface area contributed by atoms with Crippen LogP contribution < -0.4 is 5.14 Å². The zero-order valence-electron chi connectivity index (χ0n) is 14.2. The number of sulfonamides is 1.